The van der Waals surface area contributed by atoms with E-state index in [-0.39, 0.29) is 0 Å². The van der Waals surface area contributed by atoms with E-state index in [9.17, 15) is 0 Å². The average Bonchev–Trinajstić information content (AvgIpc) is 2.51. The van der Waals surface area contributed by atoms with Crippen LogP contribution in [-0.4, -0.2) is 11.3 Å². The van der Waals surface area contributed by atoms with Gasteiger partial charge in [0.25, 0.3) is 0 Å². The van der Waals surface area contributed by atoms with Gasteiger partial charge >= 0.3 is 0 Å². The molecule has 1 aromatic rings. The maximum Gasteiger partial charge on any atom is 0.113 e. The Bertz CT molecular complexity index is 221. The third-order valence-electron chi connectivity index (χ3n) is 1.79. The van der Waals surface area contributed by atoms with Crippen LogP contribution in [0.4, 0.5) is 0 Å². The molecule has 0 bridgehead atoms. The number of hydrogen-bond acceptors (Lipinski definition) is 3. The second kappa shape index (κ2) is 5.35. The molecule has 0 aliphatic heterocycles. The zero-order chi connectivity index (χ0) is 9.68. The van der Waals surface area contributed by atoms with Gasteiger partial charge in [0.1, 0.15) is 5.76 Å². The van der Waals surface area contributed by atoms with Gasteiger partial charge in [-0.1, -0.05) is 6.92 Å². The Balaban J connectivity index is 2.19. The summed E-state index contributed by atoms with van der Waals surface area (Å²) in [5.74, 6) is 1.99. The molecule has 0 aliphatic rings. The molecule has 0 fully saturated rings. The molecule has 3 heteroatoms. The summed E-state index contributed by atoms with van der Waals surface area (Å²) >= 11 is 1.89. The molecule has 0 aromatic carbocycles. The number of rotatable bonds is 5. The van der Waals surface area contributed by atoms with Crippen molar-refractivity contribution in [3.8, 4) is 0 Å². The number of nitrogens with two attached hydrogens (primary N) is 1. The second-order valence-electron chi connectivity index (χ2n) is 3.41. The van der Waals surface area contributed by atoms with Gasteiger partial charge in [-0.3, -0.25) is 0 Å². The highest BCUT2D eigenvalue weighted by Crippen LogP contribution is 2.20. The molecule has 1 aromatic heterocycles. The van der Waals surface area contributed by atoms with E-state index in [1.807, 2.05) is 30.8 Å². The van der Waals surface area contributed by atoms with E-state index < -0.39 is 0 Å². The van der Waals surface area contributed by atoms with Crippen molar-refractivity contribution in [1.29, 1.82) is 0 Å². The fourth-order valence-corrected chi connectivity index (χ4v) is 2.26. The molecule has 2 atom stereocenters. The largest absolute Gasteiger partial charge is 0.468 e. The monoisotopic (exact) mass is 199 g/mol. The van der Waals surface area contributed by atoms with E-state index in [1.54, 1.807) is 6.26 Å². The maximum atomic E-state index is 5.71. The molecule has 0 radical (unpaired) electrons. The summed E-state index contributed by atoms with van der Waals surface area (Å²) in [6.07, 6.45) is 2.78. The predicted molar refractivity (Wildman–Crippen MR) is 57.7 cm³/mol. The smallest absolute Gasteiger partial charge is 0.113 e. The van der Waals surface area contributed by atoms with Crippen LogP contribution in [0.1, 0.15) is 26.0 Å². The third-order valence-corrected chi connectivity index (χ3v) is 3.01. The Labute approximate surface area is 83.9 Å². The Kier molecular flexibility index (Phi) is 4.39. The van der Waals surface area contributed by atoms with E-state index >= 15 is 0 Å². The van der Waals surface area contributed by atoms with Crippen molar-refractivity contribution >= 4 is 11.8 Å². The summed E-state index contributed by atoms with van der Waals surface area (Å²) in [5, 5.41) is 0.602. The van der Waals surface area contributed by atoms with E-state index in [0.717, 1.165) is 17.9 Å². The quantitative estimate of drug-likeness (QED) is 0.792. The molecule has 0 saturated heterocycles. The lowest BCUT2D eigenvalue weighted by atomic mass is 10.2. The van der Waals surface area contributed by atoms with Crippen molar-refractivity contribution in [1.82, 2.24) is 0 Å². The van der Waals surface area contributed by atoms with Gasteiger partial charge in [-0.2, -0.15) is 11.8 Å². The van der Waals surface area contributed by atoms with Gasteiger partial charge in [0.15, 0.2) is 0 Å². The van der Waals surface area contributed by atoms with Gasteiger partial charge in [-0.15, -0.1) is 0 Å². The van der Waals surface area contributed by atoms with Crippen LogP contribution in [0.5, 0.6) is 0 Å². The highest BCUT2D eigenvalue weighted by molar-refractivity contribution is 7.99. The van der Waals surface area contributed by atoms with Crippen LogP contribution in [0, 0.1) is 0 Å². The molecule has 74 valence electrons. The first-order chi connectivity index (χ1) is 6.18. The second-order valence-corrected chi connectivity index (χ2v) is 4.84. The van der Waals surface area contributed by atoms with Crippen LogP contribution in [0.25, 0.3) is 0 Å². The predicted octanol–water partition coefficient (Wildman–Crippen LogP) is 2.64. The van der Waals surface area contributed by atoms with E-state index in [4.69, 9.17) is 10.2 Å². The first-order valence-corrected chi connectivity index (χ1v) is 5.63. The Morgan fingerprint density at radius 2 is 2.31 bits per heavy atom. The molecule has 2 nitrogen and oxygen atoms in total. The molecule has 0 aliphatic carbocycles. The molecular weight excluding hydrogens is 182 g/mol. The Hall–Kier alpha value is -0.410. The zero-order valence-corrected chi connectivity index (χ0v) is 9.01. The van der Waals surface area contributed by atoms with Crippen molar-refractivity contribution < 1.29 is 4.42 Å². The van der Waals surface area contributed by atoms with Gasteiger partial charge in [0.05, 0.1) is 12.0 Å². The van der Waals surface area contributed by atoms with Crippen molar-refractivity contribution in [2.45, 2.75) is 37.3 Å². The Morgan fingerprint density at radius 3 is 2.85 bits per heavy atom. The average molecular weight is 199 g/mol. The molecule has 0 amide bonds. The minimum absolute atomic E-state index is 0.291. The lowest BCUT2D eigenvalue weighted by Crippen LogP contribution is -2.19. The number of thioether (sulfide) groups is 1. The SMILES string of the molecule is CC(N)CC(C)SCc1ccco1. The fourth-order valence-electron chi connectivity index (χ4n) is 1.21. The molecule has 1 rings (SSSR count). The van der Waals surface area contributed by atoms with Crippen LogP contribution < -0.4 is 5.73 Å². The lowest BCUT2D eigenvalue weighted by Gasteiger charge is -2.12. The lowest BCUT2D eigenvalue weighted by molar-refractivity contribution is 0.530. The summed E-state index contributed by atoms with van der Waals surface area (Å²) in [7, 11) is 0. The topological polar surface area (TPSA) is 39.2 Å². The van der Waals surface area contributed by atoms with Crippen molar-refractivity contribution in [2.75, 3.05) is 0 Å². The Morgan fingerprint density at radius 1 is 1.54 bits per heavy atom. The first kappa shape index (κ1) is 10.7. The molecular formula is C10H17NOS. The van der Waals surface area contributed by atoms with E-state index in [2.05, 4.69) is 6.92 Å². The minimum Gasteiger partial charge on any atom is -0.468 e. The van der Waals surface area contributed by atoms with Gasteiger partial charge in [0.2, 0.25) is 0 Å². The normalized spacial score (nSPS) is 15.6. The van der Waals surface area contributed by atoms with Gasteiger partial charge in [0, 0.05) is 11.3 Å². The van der Waals surface area contributed by atoms with Gasteiger partial charge in [-0.25, -0.2) is 0 Å². The van der Waals surface area contributed by atoms with Gasteiger partial charge < -0.3 is 10.2 Å². The summed E-state index contributed by atoms with van der Waals surface area (Å²) < 4.78 is 5.24. The highest BCUT2D eigenvalue weighted by atomic mass is 32.2. The molecule has 0 spiro atoms. The van der Waals surface area contributed by atoms with Crippen molar-refractivity contribution in [2.24, 2.45) is 5.73 Å². The summed E-state index contributed by atoms with van der Waals surface area (Å²) in [6, 6.07) is 4.22. The summed E-state index contributed by atoms with van der Waals surface area (Å²) in [5.41, 5.74) is 5.71. The third kappa shape index (κ3) is 4.39. The number of furan rings is 1. The molecule has 1 heterocycles. The number of hydrogen-bond donors (Lipinski definition) is 1. The molecule has 13 heavy (non-hydrogen) atoms. The molecule has 2 unspecified atom stereocenters. The van der Waals surface area contributed by atoms with Crippen LogP contribution in [0.2, 0.25) is 0 Å². The highest BCUT2D eigenvalue weighted by Gasteiger charge is 2.06. The van der Waals surface area contributed by atoms with Crippen LogP contribution in [-0.2, 0) is 5.75 Å². The molecule has 2 N–H and O–H groups in total. The minimum atomic E-state index is 0.291. The van der Waals surface area contributed by atoms with Gasteiger partial charge in [-0.05, 0) is 25.5 Å². The summed E-state index contributed by atoms with van der Waals surface area (Å²) in [6.45, 7) is 4.25. The van der Waals surface area contributed by atoms with Crippen LogP contribution in [0.3, 0.4) is 0 Å². The maximum absolute atomic E-state index is 5.71. The zero-order valence-electron chi connectivity index (χ0n) is 8.19. The van der Waals surface area contributed by atoms with Crippen molar-refractivity contribution in [3.63, 3.8) is 0 Å². The van der Waals surface area contributed by atoms with Crippen LogP contribution >= 0.6 is 11.8 Å². The first-order valence-electron chi connectivity index (χ1n) is 4.58. The molecule has 0 saturated carbocycles. The van der Waals surface area contributed by atoms with E-state index in [0.29, 0.717) is 11.3 Å². The summed E-state index contributed by atoms with van der Waals surface area (Å²) in [4.78, 5) is 0. The fraction of sp³-hybridized carbons (Fsp3) is 0.600. The standard InChI is InChI=1S/C10H17NOS/c1-8(11)6-9(2)13-7-10-4-3-5-12-10/h3-5,8-9H,6-7,11H2,1-2H3. The van der Waals surface area contributed by atoms with Crippen LogP contribution in [0.15, 0.2) is 22.8 Å². The van der Waals surface area contributed by atoms with Crippen molar-refractivity contribution in [3.05, 3.63) is 24.2 Å². The van der Waals surface area contributed by atoms with E-state index in [1.165, 1.54) is 0 Å².